The van der Waals surface area contributed by atoms with Crippen LogP contribution >= 0.6 is 0 Å². The summed E-state index contributed by atoms with van der Waals surface area (Å²) in [7, 11) is 1.59. The zero-order valence-corrected chi connectivity index (χ0v) is 20.6. The smallest absolute Gasteiger partial charge is 0.276 e. The highest BCUT2D eigenvalue weighted by atomic mass is 16.5. The average Bonchev–Trinajstić information content (AvgIpc) is 3.51. The molecule has 184 valence electrons. The van der Waals surface area contributed by atoms with Crippen molar-refractivity contribution in [3.8, 4) is 11.4 Å². The zero-order valence-electron chi connectivity index (χ0n) is 20.6. The summed E-state index contributed by atoms with van der Waals surface area (Å²) >= 11 is 0. The van der Waals surface area contributed by atoms with E-state index in [1.807, 2.05) is 56.3 Å². The molecule has 2 heterocycles. The summed E-state index contributed by atoms with van der Waals surface area (Å²) in [6.07, 6.45) is 1.67. The second-order valence-electron chi connectivity index (χ2n) is 8.75. The highest BCUT2D eigenvalue weighted by molar-refractivity contribution is 5.99. The van der Waals surface area contributed by atoms with Crippen LogP contribution in [0.2, 0.25) is 0 Å². The second kappa shape index (κ2) is 10.7. The van der Waals surface area contributed by atoms with Crippen molar-refractivity contribution in [2.24, 2.45) is 0 Å². The van der Waals surface area contributed by atoms with Gasteiger partial charge in [-0.05, 0) is 62.9 Å². The Morgan fingerprint density at radius 3 is 2.74 bits per heavy atom. The lowest BCUT2D eigenvalue weighted by atomic mass is 10.1. The number of nitrogens with one attached hydrogen (secondary N) is 1. The van der Waals surface area contributed by atoms with Crippen molar-refractivity contribution >= 4 is 17.5 Å². The van der Waals surface area contributed by atoms with Gasteiger partial charge in [0, 0.05) is 24.9 Å². The van der Waals surface area contributed by atoms with Crippen molar-refractivity contribution in [3.63, 3.8) is 0 Å². The third-order valence-corrected chi connectivity index (χ3v) is 6.34. The Hall–Kier alpha value is -3.72. The first-order chi connectivity index (χ1) is 16.9. The number of hydrogen-bond donors (Lipinski definition) is 1. The number of methoxy groups -OCH3 is 1. The second-order valence-corrected chi connectivity index (χ2v) is 8.75. The number of rotatable bonds is 8. The lowest BCUT2D eigenvalue weighted by Gasteiger charge is -2.24. The van der Waals surface area contributed by atoms with Gasteiger partial charge >= 0.3 is 0 Å². The van der Waals surface area contributed by atoms with Gasteiger partial charge < -0.3 is 19.7 Å². The third-order valence-electron chi connectivity index (χ3n) is 6.34. The number of nitrogens with zero attached hydrogens (tertiary/aromatic N) is 4. The minimum Gasteiger partial charge on any atom is -0.497 e. The molecule has 9 nitrogen and oxygen atoms in total. The predicted octanol–water partition coefficient (Wildman–Crippen LogP) is 3.46. The van der Waals surface area contributed by atoms with Crippen LogP contribution in [0.5, 0.6) is 5.75 Å². The molecule has 0 spiro atoms. The fraction of sp³-hybridized carbons (Fsp3) is 0.385. The monoisotopic (exact) mass is 477 g/mol. The van der Waals surface area contributed by atoms with E-state index >= 15 is 0 Å². The topological polar surface area (TPSA) is 98.6 Å². The minimum absolute atomic E-state index is 0.110. The molecule has 1 aliphatic heterocycles. The van der Waals surface area contributed by atoms with Gasteiger partial charge in [0.15, 0.2) is 5.69 Å². The fourth-order valence-electron chi connectivity index (χ4n) is 4.17. The summed E-state index contributed by atoms with van der Waals surface area (Å²) in [6, 6.07) is 13.1. The summed E-state index contributed by atoms with van der Waals surface area (Å²) in [5.41, 5.74) is 4.32. The van der Waals surface area contributed by atoms with E-state index in [9.17, 15) is 9.59 Å². The molecular formula is C26H31N5O4. The van der Waals surface area contributed by atoms with Crippen molar-refractivity contribution in [2.45, 2.75) is 39.7 Å². The number of amides is 2. The first-order valence-electron chi connectivity index (χ1n) is 11.7. The molecule has 0 bridgehead atoms. The number of anilines is 1. The van der Waals surface area contributed by atoms with E-state index < -0.39 is 0 Å². The van der Waals surface area contributed by atoms with Crippen LogP contribution in [0.25, 0.3) is 5.69 Å². The lowest BCUT2D eigenvalue weighted by molar-refractivity contribution is -0.117. The van der Waals surface area contributed by atoms with Gasteiger partial charge in [-0.25, -0.2) is 4.68 Å². The third kappa shape index (κ3) is 5.51. The molecule has 4 rings (SSSR count). The van der Waals surface area contributed by atoms with Crippen LogP contribution in [-0.2, 0) is 9.53 Å². The lowest BCUT2D eigenvalue weighted by Crippen LogP contribution is -2.42. The largest absolute Gasteiger partial charge is 0.497 e. The van der Waals surface area contributed by atoms with Crippen LogP contribution < -0.4 is 10.1 Å². The van der Waals surface area contributed by atoms with Crippen LogP contribution in [0.15, 0.2) is 42.5 Å². The number of aromatic nitrogens is 3. The Bertz CT molecular complexity index is 1220. The predicted molar refractivity (Wildman–Crippen MR) is 132 cm³/mol. The van der Waals surface area contributed by atoms with E-state index in [0.29, 0.717) is 24.6 Å². The normalized spacial score (nSPS) is 15.1. The Labute approximate surface area is 205 Å². The summed E-state index contributed by atoms with van der Waals surface area (Å²) < 4.78 is 12.6. The molecule has 1 saturated heterocycles. The van der Waals surface area contributed by atoms with Crippen molar-refractivity contribution in [1.29, 1.82) is 0 Å². The highest BCUT2D eigenvalue weighted by Crippen LogP contribution is 2.21. The molecule has 1 aliphatic rings. The molecule has 2 aromatic carbocycles. The molecule has 1 aromatic heterocycles. The minimum atomic E-state index is -0.358. The molecule has 1 fully saturated rings. The molecule has 1 N–H and O–H groups in total. The van der Waals surface area contributed by atoms with Crippen LogP contribution in [0.1, 0.15) is 40.2 Å². The maximum Gasteiger partial charge on any atom is 0.276 e. The summed E-state index contributed by atoms with van der Waals surface area (Å²) in [5.74, 6) is 0.0412. The Balaban J connectivity index is 1.56. The number of aryl methyl sites for hydroxylation is 1. The molecule has 1 atom stereocenters. The quantitative estimate of drug-likeness (QED) is 0.534. The van der Waals surface area contributed by atoms with Gasteiger partial charge in [0.25, 0.3) is 5.91 Å². The van der Waals surface area contributed by atoms with Gasteiger partial charge in [0.1, 0.15) is 12.3 Å². The van der Waals surface area contributed by atoms with Gasteiger partial charge in [0.2, 0.25) is 5.91 Å². The van der Waals surface area contributed by atoms with Crippen LogP contribution in [0.3, 0.4) is 0 Å². The highest BCUT2D eigenvalue weighted by Gasteiger charge is 2.29. The SMILES string of the molecule is COc1cccc(-n2nnc(C(=O)N(CC(=O)Nc3cccc(C)c3C)CC3CCCO3)c2C)c1. The molecule has 0 aliphatic carbocycles. The Kier molecular flexibility index (Phi) is 7.45. The molecule has 2 amide bonds. The summed E-state index contributed by atoms with van der Waals surface area (Å²) in [4.78, 5) is 28.1. The van der Waals surface area contributed by atoms with Crippen molar-refractivity contribution < 1.29 is 19.1 Å². The molecular weight excluding hydrogens is 446 g/mol. The molecule has 0 radical (unpaired) electrons. The zero-order chi connectivity index (χ0) is 24.9. The molecule has 3 aromatic rings. The average molecular weight is 478 g/mol. The standard InChI is InChI=1S/C26H31N5O4/c1-17-8-5-12-23(18(17)2)27-24(32)16-30(15-22-11-7-13-35-22)26(33)25-19(3)31(29-28-25)20-9-6-10-21(14-20)34-4/h5-6,8-10,12,14,22H,7,11,13,15-16H2,1-4H3,(H,27,32). The first-order valence-corrected chi connectivity index (χ1v) is 11.7. The maximum absolute atomic E-state index is 13.6. The van der Waals surface area contributed by atoms with Crippen LogP contribution in [0, 0.1) is 20.8 Å². The van der Waals surface area contributed by atoms with E-state index in [2.05, 4.69) is 15.6 Å². The van der Waals surface area contributed by atoms with Gasteiger partial charge in [-0.2, -0.15) is 0 Å². The fourth-order valence-corrected chi connectivity index (χ4v) is 4.17. The van der Waals surface area contributed by atoms with E-state index in [1.54, 1.807) is 18.7 Å². The van der Waals surface area contributed by atoms with Gasteiger partial charge in [-0.15, -0.1) is 5.10 Å². The van der Waals surface area contributed by atoms with Crippen LogP contribution in [-0.4, -0.2) is 64.6 Å². The summed E-state index contributed by atoms with van der Waals surface area (Å²) in [6.45, 7) is 6.59. The number of ether oxygens (including phenoxy) is 2. The van der Waals surface area contributed by atoms with E-state index in [1.165, 1.54) is 4.90 Å². The Morgan fingerprint density at radius 2 is 2.00 bits per heavy atom. The Morgan fingerprint density at radius 1 is 1.20 bits per heavy atom. The van der Waals surface area contributed by atoms with Crippen molar-refractivity contribution in [1.82, 2.24) is 19.9 Å². The number of carbonyl (C=O) groups is 2. The van der Waals surface area contributed by atoms with Gasteiger partial charge in [-0.3, -0.25) is 9.59 Å². The summed E-state index contributed by atoms with van der Waals surface area (Å²) in [5, 5.41) is 11.3. The number of carbonyl (C=O) groups excluding carboxylic acids is 2. The maximum atomic E-state index is 13.6. The van der Waals surface area contributed by atoms with Gasteiger partial charge in [0.05, 0.1) is 24.6 Å². The molecule has 9 heteroatoms. The molecule has 1 unspecified atom stereocenters. The molecule has 0 saturated carbocycles. The van der Waals surface area contributed by atoms with Crippen LogP contribution in [0.4, 0.5) is 5.69 Å². The van der Waals surface area contributed by atoms with Gasteiger partial charge in [-0.1, -0.05) is 23.4 Å². The van der Waals surface area contributed by atoms with E-state index in [4.69, 9.17) is 9.47 Å². The molecule has 35 heavy (non-hydrogen) atoms. The number of hydrogen-bond acceptors (Lipinski definition) is 6. The van der Waals surface area contributed by atoms with E-state index in [-0.39, 0.29) is 30.2 Å². The van der Waals surface area contributed by atoms with Crippen molar-refractivity contribution in [3.05, 3.63) is 65.0 Å². The number of benzene rings is 2. The van der Waals surface area contributed by atoms with Crippen molar-refractivity contribution in [2.75, 3.05) is 32.1 Å². The van der Waals surface area contributed by atoms with E-state index in [0.717, 1.165) is 35.3 Å². The first kappa shape index (κ1) is 24.4.